The molecular weight excluding hydrogens is 612 g/mol. The lowest BCUT2D eigenvalue weighted by Crippen LogP contribution is -2.04. The highest BCUT2D eigenvalue weighted by Gasteiger charge is 2.25. The number of aryl methyl sites for hydroxylation is 4. The SMILES string of the molecule is CCCCCCCC(c1cc(C)cc(N=Nc2ccc(C)cc2[N+](=O)[O-])c1O)c1cc(C)cc(N=Nc2ccc(C)cc2[N+](=O)[O-])c1O. The number of azo groups is 2. The summed E-state index contributed by atoms with van der Waals surface area (Å²) in [4.78, 5) is 22.2. The molecule has 4 aromatic carbocycles. The summed E-state index contributed by atoms with van der Waals surface area (Å²) in [6.45, 7) is 9.32. The molecule has 0 spiro atoms. The molecule has 0 aromatic heterocycles. The van der Waals surface area contributed by atoms with Crippen molar-refractivity contribution in [2.45, 2.75) is 79.1 Å². The van der Waals surface area contributed by atoms with Gasteiger partial charge >= 0.3 is 0 Å². The van der Waals surface area contributed by atoms with Crippen molar-refractivity contribution in [1.29, 1.82) is 0 Å². The van der Waals surface area contributed by atoms with E-state index in [0.29, 0.717) is 28.7 Å². The van der Waals surface area contributed by atoms with Crippen molar-refractivity contribution >= 4 is 34.1 Å². The van der Waals surface area contributed by atoms with Gasteiger partial charge in [-0.25, -0.2) is 0 Å². The Bertz CT molecular complexity index is 1760. The van der Waals surface area contributed by atoms with E-state index in [4.69, 9.17) is 0 Å². The lowest BCUT2D eigenvalue weighted by molar-refractivity contribution is -0.384. The van der Waals surface area contributed by atoms with Gasteiger partial charge < -0.3 is 10.2 Å². The molecule has 0 heterocycles. The summed E-state index contributed by atoms with van der Waals surface area (Å²) in [6, 6.07) is 16.2. The topological polar surface area (TPSA) is 176 Å². The Morgan fingerprint density at radius 3 is 1.42 bits per heavy atom. The number of benzene rings is 4. The highest BCUT2D eigenvalue weighted by Crippen LogP contribution is 2.47. The van der Waals surface area contributed by atoms with Gasteiger partial charge in [0.1, 0.15) is 22.9 Å². The number of hydrogen-bond donors (Lipinski definition) is 2. The number of hydrogen-bond acceptors (Lipinski definition) is 10. The summed E-state index contributed by atoms with van der Waals surface area (Å²) in [5.41, 5.74) is 3.96. The van der Waals surface area contributed by atoms with Crippen LogP contribution in [-0.2, 0) is 0 Å². The molecule has 0 aliphatic heterocycles. The highest BCUT2D eigenvalue weighted by atomic mass is 16.6. The zero-order chi connectivity index (χ0) is 35.0. The Balaban J connectivity index is 1.81. The van der Waals surface area contributed by atoms with Crippen molar-refractivity contribution in [3.05, 3.63) is 114 Å². The second-order valence-electron chi connectivity index (χ2n) is 12.1. The maximum absolute atomic E-state index is 11.6. The van der Waals surface area contributed by atoms with Crippen LogP contribution in [0, 0.1) is 47.9 Å². The minimum absolute atomic E-state index is 0.0562. The van der Waals surface area contributed by atoms with Crippen LogP contribution in [0.25, 0.3) is 0 Å². The van der Waals surface area contributed by atoms with Gasteiger partial charge in [0.25, 0.3) is 11.4 Å². The highest BCUT2D eigenvalue weighted by molar-refractivity contribution is 5.65. The molecule has 250 valence electrons. The van der Waals surface area contributed by atoms with Crippen LogP contribution in [0.2, 0.25) is 0 Å². The third-order valence-corrected chi connectivity index (χ3v) is 8.06. The number of nitro benzene ring substituents is 2. The Morgan fingerprint density at radius 2 is 1.00 bits per heavy atom. The van der Waals surface area contributed by atoms with Gasteiger partial charge in [-0.05, 0) is 80.6 Å². The van der Waals surface area contributed by atoms with Gasteiger partial charge in [-0.3, -0.25) is 20.2 Å². The summed E-state index contributed by atoms with van der Waals surface area (Å²) in [5, 5.41) is 63.2. The molecule has 0 radical (unpaired) electrons. The quantitative estimate of drug-likeness (QED) is 0.0592. The zero-order valence-electron chi connectivity index (χ0n) is 27.8. The van der Waals surface area contributed by atoms with Gasteiger partial charge in [-0.2, -0.15) is 0 Å². The van der Waals surface area contributed by atoms with Crippen LogP contribution in [0.5, 0.6) is 11.5 Å². The first-order valence-corrected chi connectivity index (χ1v) is 15.9. The van der Waals surface area contributed by atoms with Crippen LogP contribution >= 0.6 is 0 Å². The van der Waals surface area contributed by atoms with Crippen molar-refractivity contribution in [3.8, 4) is 11.5 Å². The third-order valence-electron chi connectivity index (χ3n) is 8.06. The summed E-state index contributed by atoms with van der Waals surface area (Å²) in [5.74, 6) is -0.800. The molecule has 0 fully saturated rings. The van der Waals surface area contributed by atoms with Crippen LogP contribution in [0.4, 0.5) is 34.1 Å². The minimum atomic E-state index is -0.524. The van der Waals surface area contributed by atoms with E-state index in [-0.39, 0.29) is 45.6 Å². The maximum Gasteiger partial charge on any atom is 0.296 e. The first-order chi connectivity index (χ1) is 22.9. The van der Waals surface area contributed by atoms with E-state index in [9.17, 15) is 30.4 Å². The van der Waals surface area contributed by atoms with Crippen molar-refractivity contribution in [1.82, 2.24) is 0 Å². The molecule has 48 heavy (non-hydrogen) atoms. The molecule has 0 aliphatic carbocycles. The molecule has 2 N–H and O–H groups in total. The van der Waals surface area contributed by atoms with Gasteiger partial charge in [0, 0.05) is 29.2 Å². The maximum atomic E-state index is 11.6. The Morgan fingerprint density at radius 1 is 0.583 bits per heavy atom. The zero-order valence-corrected chi connectivity index (χ0v) is 27.8. The lowest BCUT2D eigenvalue weighted by atomic mass is 9.83. The molecule has 0 bridgehead atoms. The number of nitrogens with zero attached hydrogens (tertiary/aromatic N) is 6. The third kappa shape index (κ3) is 8.64. The predicted octanol–water partition coefficient (Wildman–Crippen LogP) is 11.5. The molecule has 0 amide bonds. The van der Waals surface area contributed by atoms with E-state index in [1.807, 2.05) is 26.0 Å². The van der Waals surface area contributed by atoms with E-state index < -0.39 is 15.8 Å². The van der Waals surface area contributed by atoms with Gasteiger partial charge in [0.15, 0.2) is 11.4 Å². The normalized spacial score (nSPS) is 12.2. The molecule has 0 unspecified atom stereocenters. The van der Waals surface area contributed by atoms with Crippen LogP contribution in [-0.4, -0.2) is 20.1 Å². The van der Waals surface area contributed by atoms with E-state index in [2.05, 4.69) is 27.4 Å². The van der Waals surface area contributed by atoms with E-state index in [0.717, 1.165) is 43.2 Å². The molecular formula is C36H40N6O6. The van der Waals surface area contributed by atoms with Crippen LogP contribution < -0.4 is 0 Å². The monoisotopic (exact) mass is 652 g/mol. The number of nitro groups is 2. The van der Waals surface area contributed by atoms with Crippen molar-refractivity contribution in [2.24, 2.45) is 20.5 Å². The molecule has 0 saturated heterocycles. The molecule has 12 heteroatoms. The average molecular weight is 653 g/mol. The lowest BCUT2D eigenvalue weighted by Gasteiger charge is -2.22. The number of aromatic hydroxyl groups is 2. The van der Waals surface area contributed by atoms with Crippen LogP contribution in [0.15, 0.2) is 81.1 Å². The molecule has 0 saturated carbocycles. The fourth-order valence-electron chi connectivity index (χ4n) is 5.63. The average Bonchev–Trinajstić information content (AvgIpc) is 3.04. The number of phenolic OH excluding ortho intramolecular Hbond substituents is 2. The van der Waals surface area contributed by atoms with Gasteiger partial charge in [-0.15, -0.1) is 20.5 Å². The Kier molecular flexibility index (Phi) is 11.7. The number of phenols is 2. The van der Waals surface area contributed by atoms with Crippen molar-refractivity contribution in [2.75, 3.05) is 0 Å². The summed E-state index contributed by atoms with van der Waals surface area (Å²) in [7, 11) is 0. The summed E-state index contributed by atoms with van der Waals surface area (Å²) >= 11 is 0. The second-order valence-corrected chi connectivity index (χ2v) is 12.1. The van der Waals surface area contributed by atoms with Gasteiger partial charge in [0.05, 0.1) is 9.85 Å². The largest absolute Gasteiger partial charge is 0.505 e. The number of rotatable bonds is 14. The Labute approximate surface area is 279 Å². The Hall–Kier alpha value is -5.52. The summed E-state index contributed by atoms with van der Waals surface area (Å²) in [6.07, 6.45) is 5.58. The van der Waals surface area contributed by atoms with Gasteiger partial charge in [0.2, 0.25) is 0 Å². The fourth-order valence-corrected chi connectivity index (χ4v) is 5.63. The van der Waals surface area contributed by atoms with Crippen molar-refractivity contribution < 1.29 is 20.1 Å². The molecule has 4 rings (SSSR count). The van der Waals surface area contributed by atoms with E-state index >= 15 is 0 Å². The van der Waals surface area contributed by atoms with Crippen LogP contribution in [0.1, 0.15) is 84.7 Å². The molecule has 12 nitrogen and oxygen atoms in total. The standard InChI is InChI=1S/C36H40N6O6/c1-6-7-8-9-10-11-26(27-16-24(4)18-31(35(27)43)39-37-29-14-12-22(2)20-33(29)41(45)46)28-17-25(5)19-32(36(28)44)40-38-30-15-13-23(3)21-34(30)42(47)48/h12-21,26,43-44H,6-11H2,1-5H3. The summed E-state index contributed by atoms with van der Waals surface area (Å²) < 4.78 is 0. The molecule has 0 aliphatic rings. The van der Waals surface area contributed by atoms with Crippen molar-refractivity contribution in [3.63, 3.8) is 0 Å². The van der Waals surface area contributed by atoms with Gasteiger partial charge in [-0.1, -0.05) is 63.3 Å². The first-order valence-electron chi connectivity index (χ1n) is 15.9. The molecule has 0 atom stereocenters. The smallest absolute Gasteiger partial charge is 0.296 e. The fraction of sp³-hybridized carbons (Fsp3) is 0.333. The molecule has 4 aromatic rings. The number of unbranched alkanes of at least 4 members (excludes halogenated alkanes) is 4. The van der Waals surface area contributed by atoms with E-state index in [1.165, 1.54) is 24.3 Å². The minimum Gasteiger partial charge on any atom is -0.505 e. The second kappa shape index (κ2) is 15.9. The first kappa shape index (κ1) is 35.3. The van der Waals surface area contributed by atoms with E-state index in [1.54, 1.807) is 38.1 Å². The predicted molar refractivity (Wildman–Crippen MR) is 185 cm³/mol. The van der Waals surface area contributed by atoms with Crippen LogP contribution in [0.3, 0.4) is 0 Å².